The maximum absolute atomic E-state index is 6.62. The molecule has 0 aliphatic heterocycles. The van der Waals surface area contributed by atoms with Crippen LogP contribution in [0.1, 0.15) is 25.5 Å². The van der Waals surface area contributed by atoms with Crippen molar-refractivity contribution in [2.75, 3.05) is 0 Å². The monoisotopic (exact) mass is 389 g/mol. The van der Waals surface area contributed by atoms with Gasteiger partial charge in [0.1, 0.15) is 0 Å². The zero-order chi connectivity index (χ0) is 13.3. The minimum atomic E-state index is -3.20. The topological polar surface area (TPSA) is 26.0 Å². The zero-order valence-corrected chi connectivity index (χ0v) is 14.9. The molecule has 0 aromatic heterocycles. The summed E-state index contributed by atoms with van der Waals surface area (Å²) in [7, 11) is 13.2. The molecule has 2 aromatic rings. The van der Waals surface area contributed by atoms with Crippen LogP contribution in [0.5, 0.6) is 0 Å². The van der Waals surface area contributed by atoms with Gasteiger partial charge >= 0.3 is 120 Å². The Morgan fingerprint density at radius 1 is 1.17 bits per heavy atom. The fourth-order valence-electron chi connectivity index (χ4n) is 2.14. The van der Waals surface area contributed by atoms with Crippen molar-refractivity contribution in [2.24, 2.45) is 5.73 Å². The number of fused-ring (bicyclic) bond motifs is 1. The van der Waals surface area contributed by atoms with Crippen LogP contribution in [0, 0.1) is 0 Å². The molecule has 4 heteroatoms. The van der Waals surface area contributed by atoms with Gasteiger partial charge in [0.15, 0.2) is 0 Å². The third-order valence-corrected chi connectivity index (χ3v) is 15.6. The van der Waals surface area contributed by atoms with Gasteiger partial charge in [0.2, 0.25) is 0 Å². The Morgan fingerprint density at radius 3 is 2.22 bits per heavy atom. The van der Waals surface area contributed by atoms with E-state index in [-0.39, 0.29) is 6.04 Å². The summed E-state index contributed by atoms with van der Waals surface area (Å²) in [6.07, 6.45) is 0. The molecule has 0 fully saturated rings. The molecule has 18 heavy (non-hydrogen) atoms. The molecular weight excluding hydrogens is 372 g/mol. The van der Waals surface area contributed by atoms with Crippen LogP contribution in [0.3, 0.4) is 0 Å². The quantitative estimate of drug-likeness (QED) is 0.790. The molecule has 1 nitrogen and oxygen atoms in total. The van der Waals surface area contributed by atoms with E-state index in [0.29, 0.717) is 0 Å². The number of hydrogen-bond donors (Lipinski definition) is 1. The second-order valence-corrected chi connectivity index (χ2v) is 22.2. The van der Waals surface area contributed by atoms with Gasteiger partial charge in [0, 0.05) is 0 Å². The van der Waals surface area contributed by atoms with Gasteiger partial charge in [-0.25, -0.2) is 0 Å². The summed E-state index contributed by atoms with van der Waals surface area (Å²) in [5.41, 5.74) is 7.18. The summed E-state index contributed by atoms with van der Waals surface area (Å²) in [5, 5.41) is 2.38. The van der Waals surface area contributed by atoms with Crippen molar-refractivity contribution in [3.63, 3.8) is 0 Å². The third kappa shape index (κ3) is 2.79. The molecule has 0 saturated heterocycles. The Hall–Kier alpha value is 0.0387. The van der Waals surface area contributed by atoms with E-state index >= 15 is 0 Å². The summed E-state index contributed by atoms with van der Waals surface area (Å²) in [6, 6.07) is 12.5. The molecule has 96 valence electrons. The van der Waals surface area contributed by atoms with Crippen molar-refractivity contribution in [3.05, 3.63) is 42.0 Å². The van der Waals surface area contributed by atoms with Gasteiger partial charge in [0.05, 0.1) is 0 Å². The van der Waals surface area contributed by atoms with Crippen LogP contribution >= 0.6 is 17.8 Å². The molecule has 1 unspecified atom stereocenters. The molecule has 1 atom stereocenters. The van der Waals surface area contributed by atoms with Gasteiger partial charge < -0.3 is 0 Å². The van der Waals surface area contributed by atoms with Crippen LogP contribution in [-0.2, 0) is 0 Å². The van der Waals surface area contributed by atoms with Gasteiger partial charge in [-0.2, -0.15) is 0 Å². The summed E-state index contributed by atoms with van der Waals surface area (Å²) < 4.78 is 1.99. The Bertz CT molecular complexity index is 567. The van der Waals surface area contributed by atoms with Gasteiger partial charge in [-0.05, 0) is 0 Å². The van der Waals surface area contributed by atoms with E-state index in [2.05, 4.69) is 31.2 Å². The summed E-state index contributed by atoms with van der Waals surface area (Å²) in [6.45, 7) is 4.05. The predicted octanol–water partition coefficient (Wildman–Crippen LogP) is 4.01. The van der Waals surface area contributed by atoms with Crippen LogP contribution in [0.15, 0.2) is 36.4 Å². The Kier molecular flexibility index (Phi) is 4.47. The van der Waals surface area contributed by atoms with Gasteiger partial charge in [-0.1, -0.05) is 0 Å². The Balaban J connectivity index is 2.73. The molecule has 2 aromatic carbocycles. The number of hydrogen-bond acceptors (Lipinski definition) is 1. The van der Waals surface area contributed by atoms with Gasteiger partial charge in [0.25, 0.3) is 0 Å². The van der Waals surface area contributed by atoms with Gasteiger partial charge in [-0.15, -0.1) is 0 Å². The summed E-state index contributed by atoms with van der Waals surface area (Å²) >= 11 is -3.20. The van der Waals surface area contributed by atoms with E-state index in [0.717, 1.165) is 13.6 Å². The fraction of sp³-hybridized carbons (Fsp3) is 0.286. The first-order valence-corrected chi connectivity index (χ1v) is 16.8. The molecule has 2 N–H and O–H groups in total. The average Bonchev–Trinajstić information content (AvgIpc) is 2.37. The molecule has 0 bridgehead atoms. The molecular formula is C14H17Cl2NSn. The molecule has 0 heterocycles. The van der Waals surface area contributed by atoms with Crippen LogP contribution in [0.2, 0.25) is 4.44 Å². The van der Waals surface area contributed by atoms with Gasteiger partial charge in [-0.3, -0.25) is 0 Å². The molecule has 0 saturated carbocycles. The van der Waals surface area contributed by atoms with Crippen LogP contribution in [0.25, 0.3) is 10.8 Å². The first kappa shape index (κ1) is 14.4. The van der Waals surface area contributed by atoms with Crippen molar-refractivity contribution in [1.82, 2.24) is 0 Å². The van der Waals surface area contributed by atoms with Crippen LogP contribution in [0.4, 0.5) is 0 Å². The molecule has 0 spiro atoms. The molecule has 0 radical (unpaired) electrons. The van der Waals surface area contributed by atoms with E-state index < -0.39 is 16.1 Å². The molecule has 2 rings (SSSR count). The van der Waals surface area contributed by atoms with Crippen molar-refractivity contribution in [1.29, 1.82) is 0 Å². The summed E-state index contributed by atoms with van der Waals surface area (Å²) in [4.78, 5) is 0. The average molecular weight is 389 g/mol. The first-order valence-electron chi connectivity index (χ1n) is 6.12. The molecule has 0 aliphatic rings. The van der Waals surface area contributed by atoms with Crippen molar-refractivity contribution in [2.45, 2.75) is 24.3 Å². The van der Waals surface area contributed by atoms with Crippen molar-refractivity contribution in [3.8, 4) is 0 Å². The number of nitrogens with two attached hydrogens (primary N) is 1. The molecule has 0 amide bonds. The second kappa shape index (κ2) is 5.58. The number of benzene rings is 2. The van der Waals surface area contributed by atoms with E-state index in [1.807, 2.05) is 19.1 Å². The predicted molar refractivity (Wildman–Crippen MR) is 84.1 cm³/mol. The Labute approximate surface area is 120 Å². The fourth-order valence-corrected chi connectivity index (χ4v) is 8.53. The number of rotatable bonds is 3. The normalized spacial score (nSPS) is 13.8. The van der Waals surface area contributed by atoms with Crippen LogP contribution < -0.4 is 9.31 Å². The van der Waals surface area contributed by atoms with E-state index in [4.69, 9.17) is 23.6 Å². The number of halogens is 2. The standard InChI is InChI=1S/C12H12N.C2H5.2ClH.Sn/c1-9(13)11-7-6-10-4-2-3-5-12(10)8-11;1-2;;;/h2-6,8-9H,13H2,1H3;1H2,2H3;2*1H;/q;;;;+2/p-2. The summed E-state index contributed by atoms with van der Waals surface area (Å²) in [5.74, 6) is 0. The SMILES string of the molecule is C[CH2][Sn]([Cl])([Cl])[c]1cc2ccccc2cc1C(C)N. The Morgan fingerprint density at radius 2 is 1.72 bits per heavy atom. The molecule has 0 aliphatic carbocycles. The van der Waals surface area contributed by atoms with E-state index in [1.54, 1.807) is 0 Å². The third-order valence-electron chi connectivity index (χ3n) is 3.25. The van der Waals surface area contributed by atoms with Crippen LogP contribution in [-0.4, -0.2) is 16.1 Å². The van der Waals surface area contributed by atoms with E-state index in [9.17, 15) is 0 Å². The first-order chi connectivity index (χ1) is 8.45. The minimum absolute atomic E-state index is 0.0373. The zero-order valence-electron chi connectivity index (χ0n) is 10.6. The maximum atomic E-state index is 6.62. The second-order valence-electron chi connectivity index (χ2n) is 4.63. The van der Waals surface area contributed by atoms with Crippen molar-refractivity contribution >= 4 is 48.3 Å². The van der Waals surface area contributed by atoms with Crippen molar-refractivity contribution < 1.29 is 0 Å². The van der Waals surface area contributed by atoms with E-state index in [1.165, 1.54) is 10.8 Å².